The lowest BCUT2D eigenvalue weighted by Gasteiger charge is -2.30. The van der Waals surface area contributed by atoms with Crippen LogP contribution < -0.4 is 5.32 Å². The van der Waals surface area contributed by atoms with Crippen LogP contribution in [0.1, 0.15) is 38.6 Å². The maximum atomic E-state index is 12.5. The average Bonchev–Trinajstić information content (AvgIpc) is 3.06. The van der Waals surface area contributed by atoms with Crippen LogP contribution >= 0.6 is 0 Å². The second-order valence-corrected chi connectivity index (χ2v) is 8.70. The first kappa shape index (κ1) is 17.9. The van der Waals surface area contributed by atoms with Gasteiger partial charge < -0.3 is 10.3 Å². The van der Waals surface area contributed by atoms with Gasteiger partial charge >= 0.3 is 0 Å². The molecule has 25 heavy (non-hydrogen) atoms. The van der Waals surface area contributed by atoms with Gasteiger partial charge in [-0.3, -0.25) is 4.79 Å². The van der Waals surface area contributed by atoms with E-state index in [4.69, 9.17) is 0 Å². The van der Waals surface area contributed by atoms with E-state index in [0.717, 1.165) is 16.9 Å². The minimum absolute atomic E-state index is 0.0403. The monoisotopic (exact) mass is 364 g/mol. The Bertz CT molecular complexity index is 821. The maximum Gasteiger partial charge on any atom is 0.223 e. The van der Waals surface area contributed by atoms with Crippen molar-refractivity contribution < 1.29 is 13.2 Å². The van der Waals surface area contributed by atoms with Crippen LogP contribution in [0.4, 0.5) is 0 Å². The molecule has 0 radical (unpaired) electrons. The quantitative estimate of drug-likeness (QED) is 0.846. The fraction of sp³-hybridized carbons (Fsp3) is 0.529. The van der Waals surface area contributed by atoms with Gasteiger partial charge in [-0.05, 0) is 38.8 Å². The van der Waals surface area contributed by atoms with Gasteiger partial charge in [0.2, 0.25) is 15.9 Å². The van der Waals surface area contributed by atoms with Crippen LogP contribution in [0.2, 0.25) is 0 Å². The van der Waals surface area contributed by atoms with Gasteiger partial charge in [-0.2, -0.15) is 0 Å². The number of para-hydroxylation sites is 2. The van der Waals surface area contributed by atoms with Crippen LogP contribution in [0.15, 0.2) is 24.3 Å². The van der Waals surface area contributed by atoms with Crippen molar-refractivity contribution in [1.29, 1.82) is 0 Å². The number of amides is 1. The largest absolute Gasteiger partial charge is 0.346 e. The molecule has 1 aliphatic heterocycles. The van der Waals surface area contributed by atoms with E-state index in [1.165, 1.54) is 4.31 Å². The molecule has 1 aromatic carbocycles. The van der Waals surface area contributed by atoms with Crippen LogP contribution in [0.3, 0.4) is 0 Å². The molecule has 1 saturated heterocycles. The number of imidazole rings is 1. The molecule has 1 aliphatic rings. The summed E-state index contributed by atoms with van der Waals surface area (Å²) in [6.07, 6.45) is 1.11. The van der Waals surface area contributed by atoms with Crippen molar-refractivity contribution in [2.75, 3.05) is 18.8 Å². The zero-order valence-electron chi connectivity index (χ0n) is 14.5. The number of benzene rings is 1. The second kappa shape index (κ2) is 7.13. The molecule has 0 spiro atoms. The fourth-order valence-corrected chi connectivity index (χ4v) is 4.29. The minimum atomic E-state index is -3.16. The van der Waals surface area contributed by atoms with E-state index in [2.05, 4.69) is 15.3 Å². The van der Waals surface area contributed by atoms with Gasteiger partial charge in [-0.15, -0.1) is 0 Å². The number of carbonyl (C=O) groups excluding carboxylic acids is 1. The molecule has 136 valence electrons. The molecular weight excluding hydrogens is 340 g/mol. The number of aromatic nitrogens is 2. The van der Waals surface area contributed by atoms with Gasteiger partial charge in [0.1, 0.15) is 5.82 Å². The number of aromatic amines is 1. The Labute approximate surface area is 147 Å². The molecule has 1 unspecified atom stereocenters. The van der Waals surface area contributed by atoms with Crippen LogP contribution in [0, 0.1) is 5.92 Å². The number of piperidine rings is 1. The lowest BCUT2D eigenvalue weighted by atomic mass is 9.97. The smallest absolute Gasteiger partial charge is 0.223 e. The van der Waals surface area contributed by atoms with E-state index >= 15 is 0 Å². The number of sulfonamides is 1. The molecule has 3 rings (SSSR count). The Balaban J connectivity index is 1.59. The van der Waals surface area contributed by atoms with Crippen molar-refractivity contribution in [3.8, 4) is 0 Å². The summed E-state index contributed by atoms with van der Waals surface area (Å²) in [7, 11) is -3.16. The predicted octanol–water partition coefficient (Wildman–Crippen LogP) is 1.80. The topological polar surface area (TPSA) is 95.2 Å². The highest BCUT2D eigenvalue weighted by Gasteiger charge is 2.30. The van der Waals surface area contributed by atoms with Crippen molar-refractivity contribution in [3.05, 3.63) is 30.1 Å². The standard InChI is InChI=1S/C17H24N4O3S/c1-3-25(23,24)21-10-8-13(9-11-21)17(22)18-12(2)16-19-14-6-4-5-7-15(14)20-16/h4-7,12-13H,3,8-11H2,1-2H3,(H,18,22)(H,19,20). The minimum Gasteiger partial charge on any atom is -0.346 e. The molecule has 2 N–H and O–H groups in total. The SMILES string of the molecule is CCS(=O)(=O)N1CCC(C(=O)NC(C)c2nc3ccccc3[nH]2)CC1. The number of nitrogens with zero attached hydrogens (tertiary/aromatic N) is 2. The molecule has 1 aromatic heterocycles. The second-order valence-electron chi connectivity index (χ2n) is 6.44. The van der Waals surface area contributed by atoms with Gasteiger partial charge in [0.15, 0.2) is 0 Å². The summed E-state index contributed by atoms with van der Waals surface area (Å²) in [5.74, 6) is 0.629. The van der Waals surface area contributed by atoms with E-state index in [1.807, 2.05) is 31.2 Å². The van der Waals surface area contributed by atoms with Gasteiger partial charge in [-0.25, -0.2) is 17.7 Å². The van der Waals surface area contributed by atoms with Gasteiger partial charge in [0.05, 0.1) is 22.8 Å². The molecule has 8 heteroatoms. The molecule has 1 amide bonds. The number of nitrogens with one attached hydrogen (secondary N) is 2. The zero-order valence-corrected chi connectivity index (χ0v) is 15.3. The zero-order chi connectivity index (χ0) is 18.0. The average molecular weight is 364 g/mol. The van der Waals surface area contributed by atoms with Crippen LogP contribution in [-0.4, -0.2) is 47.4 Å². The number of hydrogen-bond acceptors (Lipinski definition) is 4. The molecule has 0 saturated carbocycles. The summed E-state index contributed by atoms with van der Waals surface area (Å²) >= 11 is 0. The van der Waals surface area contributed by atoms with E-state index in [0.29, 0.717) is 25.9 Å². The van der Waals surface area contributed by atoms with Crippen molar-refractivity contribution in [2.45, 2.75) is 32.7 Å². The van der Waals surface area contributed by atoms with Crippen LogP contribution in [0.25, 0.3) is 11.0 Å². The van der Waals surface area contributed by atoms with E-state index in [9.17, 15) is 13.2 Å². The van der Waals surface area contributed by atoms with Gasteiger partial charge in [0.25, 0.3) is 0 Å². The third kappa shape index (κ3) is 3.85. The third-order valence-electron chi connectivity index (χ3n) is 4.76. The molecule has 2 aromatic rings. The third-order valence-corrected chi connectivity index (χ3v) is 6.64. The van der Waals surface area contributed by atoms with Crippen LogP contribution in [-0.2, 0) is 14.8 Å². The predicted molar refractivity (Wildman–Crippen MR) is 96.4 cm³/mol. The summed E-state index contributed by atoms with van der Waals surface area (Å²) in [6.45, 7) is 4.36. The summed E-state index contributed by atoms with van der Waals surface area (Å²) in [6, 6.07) is 7.51. The number of fused-ring (bicyclic) bond motifs is 1. The first-order valence-corrected chi connectivity index (χ1v) is 10.2. The highest BCUT2D eigenvalue weighted by molar-refractivity contribution is 7.89. The number of hydrogen-bond donors (Lipinski definition) is 2. The fourth-order valence-electron chi connectivity index (χ4n) is 3.16. The lowest BCUT2D eigenvalue weighted by molar-refractivity contribution is -0.126. The van der Waals surface area contributed by atoms with Crippen molar-refractivity contribution >= 4 is 27.0 Å². The molecule has 0 bridgehead atoms. The summed E-state index contributed by atoms with van der Waals surface area (Å²) in [4.78, 5) is 20.2. The number of carbonyl (C=O) groups is 1. The maximum absolute atomic E-state index is 12.5. The summed E-state index contributed by atoms with van der Waals surface area (Å²) < 4.78 is 25.3. The molecule has 2 heterocycles. The van der Waals surface area contributed by atoms with Crippen molar-refractivity contribution in [2.24, 2.45) is 5.92 Å². The van der Waals surface area contributed by atoms with Crippen molar-refractivity contribution in [3.63, 3.8) is 0 Å². The van der Waals surface area contributed by atoms with Gasteiger partial charge in [-0.1, -0.05) is 12.1 Å². The van der Waals surface area contributed by atoms with Gasteiger partial charge in [0, 0.05) is 19.0 Å². The Morgan fingerprint density at radius 3 is 2.68 bits per heavy atom. The lowest BCUT2D eigenvalue weighted by Crippen LogP contribution is -2.43. The Morgan fingerprint density at radius 2 is 2.04 bits per heavy atom. The molecule has 7 nitrogen and oxygen atoms in total. The molecular formula is C17H24N4O3S. The van der Waals surface area contributed by atoms with E-state index < -0.39 is 10.0 Å². The Hall–Kier alpha value is -1.93. The van der Waals surface area contributed by atoms with Crippen molar-refractivity contribution in [1.82, 2.24) is 19.6 Å². The molecule has 1 fully saturated rings. The first-order chi connectivity index (χ1) is 11.9. The number of rotatable bonds is 5. The van der Waals surface area contributed by atoms with E-state index in [1.54, 1.807) is 6.92 Å². The highest BCUT2D eigenvalue weighted by Crippen LogP contribution is 2.22. The summed E-state index contributed by atoms with van der Waals surface area (Å²) in [5.41, 5.74) is 1.81. The number of H-pyrrole nitrogens is 1. The first-order valence-electron chi connectivity index (χ1n) is 8.63. The molecule has 1 atom stereocenters. The van der Waals surface area contributed by atoms with Crippen LogP contribution in [0.5, 0.6) is 0 Å². The Kier molecular flexibility index (Phi) is 5.10. The normalized spacial score (nSPS) is 18.3. The molecule has 0 aliphatic carbocycles. The Morgan fingerprint density at radius 1 is 1.36 bits per heavy atom. The van der Waals surface area contributed by atoms with E-state index in [-0.39, 0.29) is 23.6 Å². The summed E-state index contributed by atoms with van der Waals surface area (Å²) in [5, 5.41) is 2.99. The highest BCUT2D eigenvalue weighted by atomic mass is 32.2.